The monoisotopic (exact) mass is 434 g/mol. The summed E-state index contributed by atoms with van der Waals surface area (Å²) in [6.45, 7) is 5.70. The summed E-state index contributed by atoms with van der Waals surface area (Å²) in [5.41, 5.74) is 1.50. The largest absolute Gasteiger partial charge is 0.497 e. The molecule has 0 unspecified atom stereocenters. The van der Waals surface area contributed by atoms with Gasteiger partial charge in [-0.25, -0.2) is 0 Å². The van der Waals surface area contributed by atoms with Crippen LogP contribution >= 0.6 is 15.9 Å². The fourth-order valence-electron chi connectivity index (χ4n) is 3.29. The predicted octanol–water partition coefficient (Wildman–Crippen LogP) is 3.19. The van der Waals surface area contributed by atoms with Gasteiger partial charge in [0.15, 0.2) is 0 Å². The Morgan fingerprint density at radius 3 is 2.37 bits per heavy atom. The Morgan fingerprint density at radius 1 is 1.11 bits per heavy atom. The van der Waals surface area contributed by atoms with E-state index in [0.29, 0.717) is 54.2 Å². The Kier molecular flexibility index (Phi) is 5.89. The van der Waals surface area contributed by atoms with Gasteiger partial charge in [0.25, 0.3) is 5.91 Å². The number of ether oxygens (including phenoxy) is 1. The number of piperazine rings is 1. The van der Waals surface area contributed by atoms with Gasteiger partial charge in [-0.05, 0) is 47.5 Å². The topological polar surface area (TPSA) is 63.0 Å². The number of carbonyl (C=O) groups excluding carboxylic acids is 2. The number of rotatable bonds is 4. The summed E-state index contributed by atoms with van der Waals surface area (Å²) >= 11 is 3.44. The Hall–Kier alpha value is -2.28. The molecule has 144 valence electrons. The van der Waals surface area contributed by atoms with Crippen LogP contribution in [0.4, 0.5) is 0 Å². The van der Waals surface area contributed by atoms with Gasteiger partial charge in [-0.3, -0.25) is 9.59 Å². The van der Waals surface area contributed by atoms with Crippen molar-refractivity contribution in [3.05, 3.63) is 51.4 Å². The van der Waals surface area contributed by atoms with Crippen molar-refractivity contribution < 1.29 is 18.7 Å². The number of hydrogen-bond acceptors (Lipinski definition) is 4. The van der Waals surface area contributed by atoms with E-state index in [9.17, 15) is 9.59 Å². The van der Waals surface area contributed by atoms with Crippen LogP contribution in [0.5, 0.6) is 5.75 Å². The number of amides is 2. The lowest BCUT2D eigenvalue weighted by atomic mass is 10.1. The minimum atomic E-state index is -0.0591. The highest BCUT2D eigenvalue weighted by atomic mass is 79.9. The van der Waals surface area contributed by atoms with Gasteiger partial charge in [0.2, 0.25) is 5.91 Å². The van der Waals surface area contributed by atoms with Crippen molar-refractivity contribution in [2.24, 2.45) is 0 Å². The van der Waals surface area contributed by atoms with Gasteiger partial charge in [-0.2, -0.15) is 0 Å². The van der Waals surface area contributed by atoms with E-state index in [4.69, 9.17) is 9.15 Å². The van der Waals surface area contributed by atoms with Gasteiger partial charge in [0.1, 0.15) is 17.3 Å². The standard InChI is InChI=1S/C20H23BrN2O4/c1-13-18(19(21)14(2)27-13)20(25)23-9-7-22(8-10-23)17(24)12-15-5-4-6-16(11-15)26-3/h4-6,11H,7-10,12H2,1-3H3. The molecular weight excluding hydrogens is 412 g/mol. The molecule has 1 aromatic carbocycles. The molecule has 6 nitrogen and oxygen atoms in total. The first kappa shape index (κ1) is 19.5. The van der Waals surface area contributed by atoms with Crippen LogP contribution < -0.4 is 4.74 Å². The van der Waals surface area contributed by atoms with Crippen LogP contribution in [0.15, 0.2) is 33.2 Å². The molecule has 1 aliphatic heterocycles. The number of nitrogens with zero attached hydrogens (tertiary/aromatic N) is 2. The Balaban J connectivity index is 1.59. The van der Waals surface area contributed by atoms with Gasteiger partial charge in [-0.1, -0.05) is 12.1 Å². The summed E-state index contributed by atoms with van der Waals surface area (Å²) in [7, 11) is 1.61. The molecule has 3 rings (SSSR count). The molecule has 27 heavy (non-hydrogen) atoms. The molecule has 2 amide bonds. The van der Waals surface area contributed by atoms with Gasteiger partial charge in [0.05, 0.1) is 23.6 Å². The van der Waals surface area contributed by atoms with Crippen molar-refractivity contribution in [3.63, 3.8) is 0 Å². The van der Waals surface area contributed by atoms with Crippen molar-refractivity contribution in [1.29, 1.82) is 0 Å². The Labute approximate surface area is 167 Å². The molecule has 0 radical (unpaired) electrons. The highest BCUT2D eigenvalue weighted by Crippen LogP contribution is 2.28. The van der Waals surface area contributed by atoms with Gasteiger partial charge < -0.3 is 19.0 Å². The number of furan rings is 1. The SMILES string of the molecule is COc1cccc(CC(=O)N2CCN(C(=O)c3c(C)oc(C)c3Br)CC2)c1. The fraction of sp³-hybridized carbons (Fsp3) is 0.400. The average Bonchev–Trinajstić information content (AvgIpc) is 2.93. The number of hydrogen-bond donors (Lipinski definition) is 0. The zero-order valence-electron chi connectivity index (χ0n) is 15.8. The number of aryl methyl sites for hydroxylation is 2. The summed E-state index contributed by atoms with van der Waals surface area (Å²) in [6.07, 6.45) is 0.330. The molecule has 7 heteroatoms. The van der Waals surface area contributed by atoms with Crippen LogP contribution in [-0.4, -0.2) is 54.9 Å². The van der Waals surface area contributed by atoms with Crippen molar-refractivity contribution in [3.8, 4) is 5.75 Å². The lowest BCUT2D eigenvalue weighted by molar-refractivity contribution is -0.131. The maximum atomic E-state index is 12.8. The fourth-order valence-corrected chi connectivity index (χ4v) is 3.82. The van der Waals surface area contributed by atoms with Crippen molar-refractivity contribution in [2.45, 2.75) is 20.3 Å². The normalized spacial score (nSPS) is 14.4. The first-order valence-corrected chi connectivity index (χ1v) is 9.65. The highest BCUT2D eigenvalue weighted by molar-refractivity contribution is 9.10. The van der Waals surface area contributed by atoms with E-state index in [1.165, 1.54) is 0 Å². The Morgan fingerprint density at radius 2 is 1.78 bits per heavy atom. The second kappa shape index (κ2) is 8.17. The minimum Gasteiger partial charge on any atom is -0.497 e. The van der Waals surface area contributed by atoms with Crippen LogP contribution in [0.1, 0.15) is 27.4 Å². The van der Waals surface area contributed by atoms with Gasteiger partial charge in [-0.15, -0.1) is 0 Å². The second-order valence-corrected chi connectivity index (χ2v) is 7.40. The molecule has 0 atom stereocenters. The summed E-state index contributed by atoms with van der Waals surface area (Å²) in [4.78, 5) is 29.0. The van der Waals surface area contributed by atoms with Crippen LogP contribution in [0.2, 0.25) is 0 Å². The van der Waals surface area contributed by atoms with Crippen molar-refractivity contribution >= 4 is 27.7 Å². The lowest BCUT2D eigenvalue weighted by Crippen LogP contribution is -2.51. The molecule has 2 heterocycles. The zero-order chi connectivity index (χ0) is 19.6. The van der Waals surface area contributed by atoms with E-state index in [-0.39, 0.29) is 11.8 Å². The summed E-state index contributed by atoms with van der Waals surface area (Å²) in [6, 6.07) is 7.53. The van der Waals surface area contributed by atoms with Crippen molar-refractivity contribution in [1.82, 2.24) is 9.80 Å². The van der Waals surface area contributed by atoms with E-state index < -0.39 is 0 Å². The first-order chi connectivity index (χ1) is 12.9. The third kappa shape index (κ3) is 4.18. The average molecular weight is 435 g/mol. The van der Waals surface area contributed by atoms with E-state index in [1.54, 1.807) is 18.9 Å². The maximum Gasteiger partial charge on any atom is 0.258 e. The molecule has 0 saturated carbocycles. The second-order valence-electron chi connectivity index (χ2n) is 6.60. The molecule has 0 bridgehead atoms. The van der Waals surface area contributed by atoms with E-state index >= 15 is 0 Å². The molecule has 0 aliphatic carbocycles. The first-order valence-electron chi connectivity index (χ1n) is 8.86. The number of methoxy groups -OCH3 is 1. The Bertz CT molecular complexity index is 854. The minimum absolute atomic E-state index is 0.0591. The maximum absolute atomic E-state index is 12.8. The molecule has 0 spiro atoms. The van der Waals surface area contributed by atoms with Crippen LogP contribution in [0, 0.1) is 13.8 Å². The third-order valence-corrected chi connectivity index (χ3v) is 5.76. The van der Waals surface area contributed by atoms with Crippen LogP contribution in [0.3, 0.4) is 0 Å². The number of benzene rings is 1. The highest BCUT2D eigenvalue weighted by Gasteiger charge is 2.29. The van der Waals surface area contributed by atoms with E-state index in [1.807, 2.05) is 36.1 Å². The molecule has 1 aliphatic rings. The molecular formula is C20H23BrN2O4. The third-order valence-electron chi connectivity index (χ3n) is 4.81. The zero-order valence-corrected chi connectivity index (χ0v) is 17.3. The summed E-state index contributed by atoms with van der Waals surface area (Å²) < 4.78 is 11.4. The lowest BCUT2D eigenvalue weighted by Gasteiger charge is -2.35. The molecule has 1 aromatic heterocycles. The van der Waals surface area contributed by atoms with E-state index in [2.05, 4.69) is 15.9 Å². The number of halogens is 1. The molecule has 1 fully saturated rings. The van der Waals surface area contributed by atoms with Crippen LogP contribution in [-0.2, 0) is 11.2 Å². The quantitative estimate of drug-likeness (QED) is 0.740. The van der Waals surface area contributed by atoms with Gasteiger partial charge in [0, 0.05) is 26.2 Å². The molecule has 1 saturated heterocycles. The molecule has 0 N–H and O–H groups in total. The van der Waals surface area contributed by atoms with E-state index in [0.717, 1.165) is 11.3 Å². The number of carbonyl (C=O) groups is 2. The van der Waals surface area contributed by atoms with Crippen LogP contribution in [0.25, 0.3) is 0 Å². The smallest absolute Gasteiger partial charge is 0.258 e. The van der Waals surface area contributed by atoms with Crippen molar-refractivity contribution in [2.75, 3.05) is 33.3 Å². The van der Waals surface area contributed by atoms with Gasteiger partial charge >= 0.3 is 0 Å². The summed E-state index contributed by atoms with van der Waals surface area (Å²) in [5.74, 6) is 2.05. The summed E-state index contributed by atoms with van der Waals surface area (Å²) in [5, 5.41) is 0. The molecule has 2 aromatic rings. The predicted molar refractivity (Wildman–Crippen MR) is 105 cm³/mol.